The fourth-order valence-electron chi connectivity index (χ4n) is 3.00. The highest BCUT2D eigenvalue weighted by atomic mass is 16.2. The number of carbonyl (C=O) groups excluding carboxylic acids is 2. The lowest BCUT2D eigenvalue weighted by Crippen LogP contribution is -2.53. The molecule has 0 atom stereocenters. The zero-order valence-corrected chi connectivity index (χ0v) is 13.1. The van der Waals surface area contributed by atoms with Crippen molar-refractivity contribution in [3.8, 4) is 0 Å². The number of nitrogens with zero attached hydrogens (tertiary/aromatic N) is 1. The van der Waals surface area contributed by atoms with Crippen molar-refractivity contribution in [3.05, 3.63) is 35.9 Å². The van der Waals surface area contributed by atoms with Crippen LogP contribution in [0.1, 0.15) is 39.2 Å². The van der Waals surface area contributed by atoms with Crippen LogP contribution >= 0.6 is 0 Å². The Morgan fingerprint density at radius 2 is 1.62 bits per heavy atom. The Bertz CT molecular complexity index is 523. The van der Waals surface area contributed by atoms with E-state index in [0.29, 0.717) is 25.9 Å². The molecule has 0 saturated carbocycles. The second-order valence-corrected chi connectivity index (χ2v) is 6.85. The molecule has 2 amide bonds. The highest BCUT2D eigenvalue weighted by molar-refractivity contribution is 5.88. The largest absolute Gasteiger partial charge is 0.369 e. The summed E-state index contributed by atoms with van der Waals surface area (Å²) in [7, 11) is 0. The van der Waals surface area contributed by atoms with Crippen molar-refractivity contribution in [3.63, 3.8) is 0 Å². The minimum absolute atomic E-state index is 0.133. The maximum absolute atomic E-state index is 12.3. The summed E-state index contributed by atoms with van der Waals surface area (Å²) < 4.78 is 0. The first kappa shape index (κ1) is 15.5. The number of nitrogens with two attached hydrogens (primary N) is 1. The molecule has 0 aromatic heterocycles. The number of rotatable bonds is 2. The number of amides is 2. The van der Waals surface area contributed by atoms with Crippen molar-refractivity contribution in [1.29, 1.82) is 0 Å². The topological polar surface area (TPSA) is 63.4 Å². The molecule has 21 heavy (non-hydrogen) atoms. The molecule has 4 heteroatoms. The second-order valence-electron chi connectivity index (χ2n) is 6.85. The normalized spacial score (nSPS) is 18.3. The molecule has 0 spiro atoms. The van der Waals surface area contributed by atoms with Crippen molar-refractivity contribution in [2.24, 2.45) is 11.1 Å². The molecule has 1 fully saturated rings. The van der Waals surface area contributed by atoms with E-state index in [1.54, 1.807) is 0 Å². The van der Waals surface area contributed by atoms with E-state index >= 15 is 0 Å². The molecule has 0 aliphatic carbocycles. The molecule has 1 aromatic rings. The first-order valence-corrected chi connectivity index (χ1v) is 7.42. The molecule has 1 aliphatic heterocycles. The van der Waals surface area contributed by atoms with Gasteiger partial charge in [-0.1, -0.05) is 51.1 Å². The lowest BCUT2D eigenvalue weighted by molar-refractivity contribution is -0.142. The number of benzene rings is 1. The predicted octanol–water partition coefficient (Wildman–Crippen LogP) is 2.08. The first-order chi connectivity index (χ1) is 9.77. The molecule has 1 aliphatic rings. The fourth-order valence-corrected chi connectivity index (χ4v) is 3.00. The second kappa shape index (κ2) is 5.51. The van der Waals surface area contributed by atoms with E-state index in [1.165, 1.54) is 0 Å². The quantitative estimate of drug-likeness (QED) is 0.905. The van der Waals surface area contributed by atoms with Gasteiger partial charge >= 0.3 is 0 Å². The minimum Gasteiger partial charge on any atom is -0.369 e. The summed E-state index contributed by atoms with van der Waals surface area (Å²) in [5.41, 5.74) is 5.63. The predicted molar refractivity (Wildman–Crippen MR) is 82.6 cm³/mol. The monoisotopic (exact) mass is 288 g/mol. The summed E-state index contributed by atoms with van der Waals surface area (Å²) in [6.07, 6.45) is 1.18. The smallest absolute Gasteiger partial charge is 0.228 e. The maximum Gasteiger partial charge on any atom is 0.228 e. The van der Waals surface area contributed by atoms with Crippen LogP contribution in [0.15, 0.2) is 30.3 Å². The van der Waals surface area contributed by atoms with Crippen LogP contribution in [0.5, 0.6) is 0 Å². The highest BCUT2D eigenvalue weighted by Crippen LogP contribution is 2.36. The first-order valence-electron chi connectivity index (χ1n) is 7.42. The molecular formula is C17H24N2O2. The summed E-state index contributed by atoms with van der Waals surface area (Å²) in [6, 6.07) is 9.67. The lowest BCUT2D eigenvalue weighted by atomic mass is 9.72. The standard InChI is InChI=1S/C17H24N2O2/c1-16(2,3)15(21)19-11-9-17(10-12-19,14(18)20)13-7-5-4-6-8-13/h4-8H,9-12H2,1-3H3,(H2,18,20). The van der Waals surface area contributed by atoms with Gasteiger partial charge in [0, 0.05) is 18.5 Å². The number of carbonyl (C=O) groups is 2. The zero-order valence-electron chi connectivity index (χ0n) is 13.1. The summed E-state index contributed by atoms with van der Waals surface area (Å²) in [5.74, 6) is -0.162. The van der Waals surface area contributed by atoms with Gasteiger partial charge in [-0.3, -0.25) is 9.59 Å². The Kier molecular flexibility index (Phi) is 4.08. The highest BCUT2D eigenvalue weighted by Gasteiger charge is 2.43. The van der Waals surface area contributed by atoms with Crippen LogP contribution in [-0.4, -0.2) is 29.8 Å². The summed E-state index contributed by atoms with van der Waals surface area (Å²) >= 11 is 0. The van der Waals surface area contributed by atoms with Crippen LogP contribution in [0, 0.1) is 5.41 Å². The zero-order chi connectivity index (χ0) is 15.7. The van der Waals surface area contributed by atoms with E-state index in [2.05, 4.69) is 0 Å². The minimum atomic E-state index is -0.643. The Morgan fingerprint density at radius 3 is 2.05 bits per heavy atom. The van der Waals surface area contributed by atoms with Crippen molar-refractivity contribution < 1.29 is 9.59 Å². The van der Waals surface area contributed by atoms with Gasteiger partial charge in [-0.15, -0.1) is 0 Å². The molecule has 4 nitrogen and oxygen atoms in total. The third-order valence-electron chi connectivity index (χ3n) is 4.34. The van der Waals surface area contributed by atoms with Crippen LogP contribution in [0.3, 0.4) is 0 Å². The Labute approximate surface area is 126 Å². The van der Waals surface area contributed by atoms with Gasteiger partial charge in [0.05, 0.1) is 5.41 Å². The lowest BCUT2D eigenvalue weighted by Gasteiger charge is -2.41. The summed E-state index contributed by atoms with van der Waals surface area (Å²) in [4.78, 5) is 26.3. The Balaban J connectivity index is 2.20. The molecule has 1 saturated heterocycles. The van der Waals surface area contributed by atoms with Gasteiger partial charge in [0.25, 0.3) is 0 Å². The van der Waals surface area contributed by atoms with E-state index < -0.39 is 5.41 Å². The fraction of sp³-hybridized carbons (Fsp3) is 0.529. The van der Waals surface area contributed by atoms with Gasteiger partial charge in [0.15, 0.2) is 0 Å². The molecular weight excluding hydrogens is 264 g/mol. The average Bonchev–Trinajstić information content (AvgIpc) is 2.46. The van der Waals surface area contributed by atoms with Crippen LogP contribution in [0.4, 0.5) is 0 Å². The average molecular weight is 288 g/mol. The maximum atomic E-state index is 12.3. The molecule has 0 unspecified atom stereocenters. The SMILES string of the molecule is CC(C)(C)C(=O)N1CCC(C(N)=O)(c2ccccc2)CC1. The summed E-state index contributed by atoms with van der Waals surface area (Å²) in [6.45, 7) is 6.91. The van der Waals surface area contributed by atoms with E-state index in [9.17, 15) is 9.59 Å². The van der Waals surface area contributed by atoms with Crippen molar-refractivity contribution >= 4 is 11.8 Å². The number of primary amides is 1. The van der Waals surface area contributed by atoms with E-state index in [0.717, 1.165) is 5.56 Å². The van der Waals surface area contributed by atoms with Crippen molar-refractivity contribution in [2.45, 2.75) is 39.0 Å². The van der Waals surface area contributed by atoms with Crippen LogP contribution in [-0.2, 0) is 15.0 Å². The van der Waals surface area contributed by atoms with Crippen molar-refractivity contribution in [1.82, 2.24) is 4.90 Å². The van der Waals surface area contributed by atoms with E-state index in [4.69, 9.17) is 5.73 Å². The van der Waals surface area contributed by atoms with Gasteiger partial charge in [0.2, 0.25) is 11.8 Å². The molecule has 114 valence electrons. The van der Waals surface area contributed by atoms with Crippen LogP contribution < -0.4 is 5.73 Å². The van der Waals surface area contributed by atoms with E-state index in [-0.39, 0.29) is 17.2 Å². The van der Waals surface area contributed by atoms with Gasteiger partial charge in [-0.25, -0.2) is 0 Å². The van der Waals surface area contributed by atoms with Gasteiger partial charge < -0.3 is 10.6 Å². The molecule has 0 bridgehead atoms. The Morgan fingerprint density at radius 1 is 1.10 bits per heavy atom. The third kappa shape index (κ3) is 2.94. The van der Waals surface area contributed by atoms with Crippen molar-refractivity contribution in [2.75, 3.05) is 13.1 Å². The number of hydrogen-bond acceptors (Lipinski definition) is 2. The van der Waals surface area contributed by atoms with Gasteiger partial charge in [-0.2, -0.15) is 0 Å². The van der Waals surface area contributed by atoms with Gasteiger partial charge in [0.1, 0.15) is 0 Å². The number of likely N-dealkylation sites (tertiary alicyclic amines) is 1. The van der Waals surface area contributed by atoms with Gasteiger partial charge in [-0.05, 0) is 18.4 Å². The summed E-state index contributed by atoms with van der Waals surface area (Å²) in [5, 5.41) is 0. The molecule has 0 radical (unpaired) electrons. The van der Waals surface area contributed by atoms with E-state index in [1.807, 2.05) is 56.0 Å². The molecule has 2 N–H and O–H groups in total. The van der Waals surface area contributed by atoms with Crippen LogP contribution in [0.2, 0.25) is 0 Å². The third-order valence-corrected chi connectivity index (χ3v) is 4.34. The molecule has 2 rings (SSSR count). The molecule has 1 heterocycles. The molecule has 1 aromatic carbocycles. The number of hydrogen-bond donors (Lipinski definition) is 1. The van der Waals surface area contributed by atoms with Crippen LogP contribution in [0.25, 0.3) is 0 Å². The Hall–Kier alpha value is -1.84. The number of piperidine rings is 1.